The first-order chi connectivity index (χ1) is 6.31. The molecule has 0 amide bonds. The van der Waals surface area contributed by atoms with Crippen molar-refractivity contribution in [1.82, 2.24) is 0 Å². The third-order valence-electron chi connectivity index (χ3n) is 1.04. The van der Waals surface area contributed by atoms with Crippen LogP contribution in [-0.2, 0) is 19.1 Å². The van der Waals surface area contributed by atoms with Crippen LogP contribution in [0.1, 0.15) is 27.7 Å². The van der Waals surface area contributed by atoms with Gasteiger partial charge in [0.05, 0.1) is 0 Å². The molecule has 0 saturated heterocycles. The van der Waals surface area contributed by atoms with Gasteiger partial charge in [-0.05, 0) is 26.8 Å². The van der Waals surface area contributed by atoms with Gasteiger partial charge >= 0.3 is 11.9 Å². The Kier molecular flexibility index (Phi) is 4.91. The lowest BCUT2D eigenvalue weighted by molar-refractivity contribution is -0.148. The number of rotatable bonds is 3. The van der Waals surface area contributed by atoms with Crippen LogP contribution in [-0.4, -0.2) is 24.1 Å². The summed E-state index contributed by atoms with van der Waals surface area (Å²) in [4.78, 5) is 21.4. The molecule has 0 unspecified atom stereocenters. The Hall–Kier alpha value is -1.32. The SMILES string of the molecule is CC(=O)OC/C=C\C(=O)OC(C)(C)C. The average molecular weight is 200 g/mol. The second-order valence-corrected chi connectivity index (χ2v) is 3.74. The Labute approximate surface area is 83.9 Å². The topological polar surface area (TPSA) is 52.6 Å². The monoisotopic (exact) mass is 200 g/mol. The number of hydrogen-bond acceptors (Lipinski definition) is 4. The van der Waals surface area contributed by atoms with E-state index < -0.39 is 11.6 Å². The molecule has 0 aliphatic carbocycles. The Balaban J connectivity index is 3.78. The fraction of sp³-hybridized carbons (Fsp3) is 0.600. The lowest BCUT2D eigenvalue weighted by Crippen LogP contribution is -2.22. The Morgan fingerprint density at radius 1 is 1.29 bits per heavy atom. The summed E-state index contributed by atoms with van der Waals surface area (Å²) >= 11 is 0. The molecule has 0 aromatic carbocycles. The first kappa shape index (κ1) is 12.7. The molecule has 0 fully saturated rings. The van der Waals surface area contributed by atoms with Crippen LogP contribution in [0, 0.1) is 0 Å². The van der Waals surface area contributed by atoms with E-state index in [0.717, 1.165) is 0 Å². The predicted molar refractivity (Wildman–Crippen MR) is 51.6 cm³/mol. The Morgan fingerprint density at radius 3 is 2.29 bits per heavy atom. The van der Waals surface area contributed by atoms with Gasteiger partial charge in [0.2, 0.25) is 0 Å². The van der Waals surface area contributed by atoms with Crippen LogP contribution < -0.4 is 0 Å². The molecule has 0 spiro atoms. The lowest BCUT2D eigenvalue weighted by Gasteiger charge is -2.17. The summed E-state index contributed by atoms with van der Waals surface area (Å²) in [6.07, 6.45) is 2.68. The van der Waals surface area contributed by atoms with Gasteiger partial charge in [0.1, 0.15) is 12.2 Å². The maximum absolute atomic E-state index is 11.1. The highest BCUT2D eigenvalue weighted by Gasteiger charge is 2.13. The maximum atomic E-state index is 11.1. The highest BCUT2D eigenvalue weighted by atomic mass is 16.6. The van der Waals surface area contributed by atoms with Gasteiger partial charge in [0.25, 0.3) is 0 Å². The third kappa shape index (κ3) is 8.77. The molecule has 0 atom stereocenters. The number of hydrogen-bond donors (Lipinski definition) is 0. The second kappa shape index (κ2) is 5.42. The quantitative estimate of drug-likeness (QED) is 0.511. The van der Waals surface area contributed by atoms with E-state index in [2.05, 4.69) is 4.74 Å². The Bertz CT molecular complexity index is 235. The van der Waals surface area contributed by atoms with Gasteiger partial charge in [-0.1, -0.05) is 0 Å². The molecule has 0 radical (unpaired) electrons. The molecule has 0 rings (SSSR count). The minimum atomic E-state index is -0.497. The molecular weight excluding hydrogens is 184 g/mol. The smallest absolute Gasteiger partial charge is 0.331 e. The van der Waals surface area contributed by atoms with Crippen LogP contribution >= 0.6 is 0 Å². The van der Waals surface area contributed by atoms with Crippen molar-refractivity contribution in [2.75, 3.05) is 6.61 Å². The summed E-state index contributed by atoms with van der Waals surface area (Å²) in [5.74, 6) is -0.816. The number of ether oxygens (including phenoxy) is 2. The van der Waals surface area contributed by atoms with E-state index in [1.165, 1.54) is 19.1 Å². The van der Waals surface area contributed by atoms with Gasteiger partial charge in [-0.15, -0.1) is 0 Å². The van der Waals surface area contributed by atoms with Crippen LogP contribution in [0.2, 0.25) is 0 Å². The highest BCUT2D eigenvalue weighted by Crippen LogP contribution is 2.06. The van der Waals surface area contributed by atoms with Crippen LogP contribution in [0.4, 0.5) is 0 Å². The van der Waals surface area contributed by atoms with Gasteiger partial charge in [-0.25, -0.2) is 4.79 Å². The summed E-state index contributed by atoms with van der Waals surface area (Å²) < 4.78 is 9.57. The predicted octanol–water partition coefficient (Wildman–Crippen LogP) is 1.45. The van der Waals surface area contributed by atoms with E-state index in [1.54, 1.807) is 20.8 Å². The first-order valence-electron chi connectivity index (χ1n) is 4.34. The molecule has 0 bridgehead atoms. The molecule has 0 aromatic rings. The van der Waals surface area contributed by atoms with E-state index in [0.29, 0.717) is 0 Å². The average Bonchev–Trinajstić information content (AvgIpc) is 1.94. The molecule has 0 saturated carbocycles. The van der Waals surface area contributed by atoms with Crippen molar-refractivity contribution in [3.8, 4) is 0 Å². The normalized spacial score (nSPS) is 11.4. The van der Waals surface area contributed by atoms with Gasteiger partial charge in [0, 0.05) is 13.0 Å². The lowest BCUT2D eigenvalue weighted by atomic mass is 10.2. The molecule has 0 aliphatic heterocycles. The maximum Gasteiger partial charge on any atom is 0.331 e. The fourth-order valence-electron chi connectivity index (χ4n) is 0.646. The van der Waals surface area contributed by atoms with Crippen molar-refractivity contribution < 1.29 is 19.1 Å². The number of carbonyl (C=O) groups excluding carboxylic acids is 2. The van der Waals surface area contributed by atoms with Crippen molar-refractivity contribution in [1.29, 1.82) is 0 Å². The molecule has 80 valence electrons. The van der Waals surface area contributed by atoms with Crippen LogP contribution in [0.15, 0.2) is 12.2 Å². The van der Waals surface area contributed by atoms with Gasteiger partial charge in [-0.3, -0.25) is 4.79 Å². The van der Waals surface area contributed by atoms with Crippen molar-refractivity contribution in [2.24, 2.45) is 0 Å². The number of esters is 2. The highest BCUT2D eigenvalue weighted by molar-refractivity contribution is 5.82. The number of carbonyl (C=O) groups is 2. The summed E-state index contributed by atoms with van der Waals surface area (Å²) in [6.45, 7) is 6.75. The molecular formula is C10H16O4. The van der Waals surface area contributed by atoms with Gasteiger partial charge in [0.15, 0.2) is 0 Å². The van der Waals surface area contributed by atoms with Crippen molar-refractivity contribution in [3.05, 3.63) is 12.2 Å². The fourth-order valence-corrected chi connectivity index (χ4v) is 0.646. The largest absolute Gasteiger partial charge is 0.462 e. The van der Waals surface area contributed by atoms with Gasteiger partial charge in [-0.2, -0.15) is 0 Å². The standard InChI is InChI=1S/C10H16O4/c1-8(11)13-7-5-6-9(12)14-10(2,3)4/h5-6H,7H2,1-4H3/b6-5-. The van der Waals surface area contributed by atoms with Crippen LogP contribution in [0.5, 0.6) is 0 Å². The van der Waals surface area contributed by atoms with E-state index >= 15 is 0 Å². The Morgan fingerprint density at radius 2 is 1.86 bits per heavy atom. The molecule has 0 aliphatic rings. The van der Waals surface area contributed by atoms with Crippen molar-refractivity contribution in [2.45, 2.75) is 33.3 Å². The zero-order valence-electron chi connectivity index (χ0n) is 8.99. The summed E-state index contributed by atoms with van der Waals surface area (Å²) in [7, 11) is 0. The summed E-state index contributed by atoms with van der Waals surface area (Å²) in [5.41, 5.74) is -0.497. The second-order valence-electron chi connectivity index (χ2n) is 3.74. The van der Waals surface area contributed by atoms with Crippen molar-refractivity contribution in [3.63, 3.8) is 0 Å². The summed E-state index contributed by atoms with van der Waals surface area (Å²) in [6, 6.07) is 0. The van der Waals surface area contributed by atoms with E-state index in [-0.39, 0.29) is 12.6 Å². The molecule has 0 heterocycles. The third-order valence-corrected chi connectivity index (χ3v) is 1.04. The zero-order valence-corrected chi connectivity index (χ0v) is 8.99. The van der Waals surface area contributed by atoms with Crippen LogP contribution in [0.3, 0.4) is 0 Å². The molecule has 4 nitrogen and oxygen atoms in total. The van der Waals surface area contributed by atoms with E-state index in [4.69, 9.17) is 4.74 Å². The van der Waals surface area contributed by atoms with Crippen molar-refractivity contribution >= 4 is 11.9 Å². The molecule has 0 aromatic heterocycles. The molecule has 4 heteroatoms. The first-order valence-corrected chi connectivity index (χ1v) is 4.34. The molecule has 0 N–H and O–H groups in total. The van der Waals surface area contributed by atoms with Gasteiger partial charge < -0.3 is 9.47 Å². The zero-order chi connectivity index (χ0) is 11.2. The van der Waals surface area contributed by atoms with E-state index in [9.17, 15) is 9.59 Å². The summed E-state index contributed by atoms with van der Waals surface area (Å²) in [5, 5.41) is 0. The minimum Gasteiger partial charge on any atom is -0.462 e. The van der Waals surface area contributed by atoms with Crippen LogP contribution in [0.25, 0.3) is 0 Å². The minimum absolute atomic E-state index is 0.0918. The molecule has 14 heavy (non-hydrogen) atoms. The van der Waals surface area contributed by atoms with E-state index in [1.807, 2.05) is 0 Å².